The fraction of sp³-hybridized carbons (Fsp3) is 0.833. The van der Waals surface area contributed by atoms with Gasteiger partial charge in [0.25, 0.3) is 0 Å². The number of hydrogen-bond acceptors (Lipinski definition) is 5. The van der Waals surface area contributed by atoms with Crippen LogP contribution in [0.4, 0.5) is 0 Å². The second kappa shape index (κ2) is 6.04. The predicted molar refractivity (Wildman–Crippen MR) is 39.4 cm³/mol. The van der Waals surface area contributed by atoms with Crippen LogP contribution in [0.5, 0.6) is 0 Å². The molecular formula is C6H14O6. The molecule has 0 saturated heterocycles. The molecule has 0 aliphatic carbocycles. The molecule has 0 amide bonds. The minimum absolute atomic E-state index is 0. The lowest BCUT2D eigenvalue weighted by Gasteiger charge is -2.21. The summed E-state index contributed by atoms with van der Waals surface area (Å²) in [6.07, 6.45) is -5.88. The van der Waals surface area contributed by atoms with Crippen LogP contribution in [0.15, 0.2) is 0 Å². The van der Waals surface area contributed by atoms with E-state index >= 15 is 0 Å². The average Bonchev–Trinajstić information content (AvgIpc) is 2.00. The van der Waals surface area contributed by atoms with Crippen LogP contribution in [0.1, 0.15) is 6.92 Å². The molecule has 0 rings (SSSR count). The first kappa shape index (κ1) is 14.0. The van der Waals surface area contributed by atoms with Crippen molar-refractivity contribution in [1.82, 2.24) is 0 Å². The van der Waals surface area contributed by atoms with Crippen LogP contribution >= 0.6 is 0 Å². The fourth-order valence-corrected chi connectivity index (χ4v) is 0.568. The van der Waals surface area contributed by atoms with E-state index in [1.54, 1.807) is 0 Å². The fourth-order valence-electron chi connectivity index (χ4n) is 0.568. The van der Waals surface area contributed by atoms with E-state index in [1.165, 1.54) is 6.92 Å². The van der Waals surface area contributed by atoms with E-state index in [-0.39, 0.29) is 11.8 Å². The molecule has 0 aliphatic rings. The molecule has 0 aromatic rings. The Labute approximate surface area is 69.4 Å². The molecule has 0 unspecified atom stereocenters. The number of carbonyl (C=O) groups is 1. The summed E-state index contributed by atoms with van der Waals surface area (Å²) in [5.74, 6) is 0. The van der Waals surface area contributed by atoms with Crippen molar-refractivity contribution < 1.29 is 30.7 Å². The smallest absolute Gasteiger partial charge is 0.151 e. The van der Waals surface area contributed by atoms with E-state index in [0.717, 1.165) is 0 Å². The number of aliphatic hydroxyl groups is 4. The highest BCUT2D eigenvalue weighted by atomic mass is 16.4. The molecule has 6 nitrogen and oxygen atoms in total. The van der Waals surface area contributed by atoms with Crippen LogP contribution in [0.2, 0.25) is 0 Å². The van der Waals surface area contributed by atoms with E-state index < -0.39 is 24.4 Å². The maximum atomic E-state index is 9.87. The Hall–Kier alpha value is -0.530. The van der Waals surface area contributed by atoms with E-state index in [2.05, 4.69) is 0 Å². The zero-order valence-electron chi connectivity index (χ0n) is 6.58. The van der Waals surface area contributed by atoms with Crippen molar-refractivity contribution in [3.63, 3.8) is 0 Å². The van der Waals surface area contributed by atoms with Crippen molar-refractivity contribution in [3.8, 4) is 0 Å². The van der Waals surface area contributed by atoms with Gasteiger partial charge in [-0.25, -0.2) is 0 Å². The van der Waals surface area contributed by atoms with Crippen molar-refractivity contribution in [2.45, 2.75) is 31.3 Å². The van der Waals surface area contributed by atoms with Gasteiger partial charge in [0, 0.05) is 0 Å². The van der Waals surface area contributed by atoms with Crippen molar-refractivity contribution in [3.05, 3.63) is 0 Å². The van der Waals surface area contributed by atoms with E-state index in [9.17, 15) is 4.79 Å². The van der Waals surface area contributed by atoms with Crippen molar-refractivity contribution in [2.24, 2.45) is 0 Å². The van der Waals surface area contributed by atoms with Crippen LogP contribution in [0.25, 0.3) is 0 Å². The topological polar surface area (TPSA) is 129 Å². The second-order valence-electron chi connectivity index (χ2n) is 2.35. The summed E-state index contributed by atoms with van der Waals surface area (Å²) in [6, 6.07) is 0. The molecule has 0 aromatic heterocycles. The van der Waals surface area contributed by atoms with Crippen molar-refractivity contribution in [1.29, 1.82) is 0 Å². The lowest BCUT2D eigenvalue weighted by molar-refractivity contribution is -0.132. The Morgan fingerprint density at radius 3 is 1.75 bits per heavy atom. The van der Waals surface area contributed by atoms with E-state index in [1.807, 2.05) is 0 Å². The summed E-state index contributed by atoms with van der Waals surface area (Å²) < 4.78 is 0. The Kier molecular flexibility index (Phi) is 7.05. The summed E-state index contributed by atoms with van der Waals surface area (Å²) in [7, 11) is 0. The van der Waals surface area contributed by atoms with Gasteiger partial charge in [-0.15, -0.1) is 0 Å². The molecule has 0 aromatic carbocycles. The molecule has 0 radical (unpaired) electrons. The maximum Gasteiger partial charge on any atom is 0.151 e. The standard InChI is InChI=1S/C6H12O5.H2O/c1-3(8)5(10)6(11)4(9)2-7;/h2-6,8-11H,1H3;1H2/t3-,4+,5+,6-;/m1./s1. The molecule has 74 valence electrons. The zero-order valence-corrected chi connectivity index (χ0v) is 6.58. The Morgan fingerprint density at radius 1 is 1.08 bits per heavy atom. The highest BCUT2D eigenvalue weighted by Gasteiger charge is 2.27. The maximum absolute atomic E-state index is 9.87. The quantitative estimate of drug-likeness (QED) is 0.341. The first-order valence-electron chi connectivity index (χ1n) is 3.18. The molecule has 0 bridgehead atoms. The lowest BCUT2D eigenvalue weighted by Crippen LogP contribution is -2.43. The molecular weight excluding hydrogens is 168 g/mol. The summed E-state index contributed by atoms with van der Waals surface area (Å²) in [4.78, 5) is 9.87. The molecule has 4 atom stereocenters. The van der Waals surface area contributed by atoms with Gasteiger partial charge in [0.15, 0.2) is 6.29 Å². The SMILES string of the molecule is C[C@@H](O)[C@H](O)[C@H](O)[C@@H](O)C=O.O. The Bertz CT molecular complexity index is 125. The van der Waals surface area contributed by atoms with Crippen LogP contribution in [-0.2, 0) is 4.79 Å². The molecule has 12 heavy (non-hydrogen) atoms. The highest BCUT2D eigenvalue weighted by Crippen LogP contribution is 2.02. The Morgan fingerprint density at radius 2 is 1.50 bits per heavy atom. The number of carbonyl (C=O) groups excluding carboxylic acids is 1. The molecule has 6 N–H and O–H groups in total. The monoisotopic (exact) mass is 182 g/mol. The normalized spacial score (nSPS) is 20.1. The minimum Gasteiger partial charge on any atom is -0.412 e. The first-order chi connectivity index (χ1) is 5.00. The van der Waals surface area contributed by atoms with Crippen molar-refractivity contribution in [2.75, 3.05) is 0 Å². The van der Waals surface area contributed by atoms with E-state index in [0.29, 0.717) is 0 Å². The first-order valence-corrected chi connectivity index (χ1v) is 3.18. The third kappa shape index (κ3) is 3.74. The van der Waals surface area contributed by atoms with Gasteiger partial charge in [-0.3, -0.25) is 0 Å². The van der Waals surface area contributed by atoms with Gasteiger partial charge in [0.05, 0.1) is 6.10 Å². The van der Waals surface area contributed by atoms with Crippen LogP contribution in [-0.4, -0.2) is 56.6 Å². The van der Waals surface area contributed by atoms with Crippen LogP contribution in [0, 0.1) is 0 Å². The third-order valence-electron chi connectivity index (χ3n) is 1.33. The molecule has 6 heteroatoms. The number of hydrogen-bond donors (Lipinski definition) is 4. The van der Waals surface area contributed by atoms with Gasteiger partial charge >= 0.3 is 0 Å². The van der Waals surface area contributed by atoms with Gasteiger partial charge in [0.2, 0.25) is 0 Å². The van der Waals surface area contributed by atoms with E-state index in [4.69, 9.17) is 20.4 Å². The summed E-state index contributed by atoms with van der Waals surface area (Å²) in [6.45, 7) is 1.24. The van der Waals surface area contributed by atoms with Gasteiger partial charge in [0.1, 0.15) is 18.3 Å². The molecule has 0 spiro atoms. The predicted octanol–water partition coefficient (Wildman–Crippen LogP) is -3.18. The van der Waals surface area contributed by atoms with Gasteiger partial charge in [-0.05, 0) is 6.92 Å². The summed E-state index contributed by atoms with van der Waals surface area (Å²) >= 11 is 0. The Balaban J connectivity index is 0. The number of aldehydes is 1. The highest BCUT2D eigenvalue weighted by molar-refractivity contribution is 5.56. The number of aliphatic hydroxyl groups excluding tert-OH is 4. The average molecular weight is 182 g/mol. The lowest BCUT2D eigenvalue weighted by atomic mass is 10.1. The largest absolute Gasteiger partial charge is 0.412 e. The van der Waals surface area contributed by atoms with Gasteiger partial charge < -0.3 is 30.7 Å². The summed E-state index contributed by atoms with van der Waals surface area (Å²) in [5.41, 5.74) is 0. The molecule has 0 fully saturated rings. The van der Waals surface area contributed by atoms with Crippen molar-refractivity contribution >= 4 is 6.29 Å². The molecule has 0 saturated carbocycles. The second-order valence-corrected chi connectivity index (χ2v) is 2.35. The summed E-state index contributed by atoms with van der Waals surface area (Å²) in [5, 5.41) is 35.1. The minimum atomic E-state index is -1.65. The number of rotatable bonds is 4. The molecule has 0 aliphatic heterocycles. The van der Waals surface area contributed by atoms with Gasteiger partial charge in [-0.1, -0.05) is 0 Å². The third-order valence-corrected chi connectivity index (χ3v) is 1.33. The van der Waals surface area contributed by atoms with Crippen LogP contribution in [0.3, 0.4) is 0 Å². The molecule has 0 heterocycles. The van der Waals surface area contributed by atoms with Gasteiger partial charge in [-0.2, -0.15) is 0 Å². The van der Waals surface area contributed by atoms with Crippen LogP contribution < -0.4 is 0 Å². The zero-order chi connectivity index (χ0) is 9.02.